The predicted molar refractivity (Wildman–Crippen MR) is 100 cm³/mol. The predicted octanol–water partition coefficient (Wildman–Crippen LogP) is 3.32. The highest BCUT2D eigenvalue weighted by Crippen LogP contribution is 2.26. The molecule has 7 nitrogen and oxygen atoms in total. The Kier molecular flexibility index (Phi) is 5.70. The number of aromatic nitrogens is 3. The molecule has 0 radical (unpaired) electrons. The van der Waals surface area contributed by atoms with Crippen molar-refractivity contribution in [3.8, 4) is 5.75 Å². The fourth-order valence-electron chi connectivity index (χ4n) is 2.13. The second-order valence-electron chi connectivity index (χ2n) is 5.26. The highest BCUT2D eigenvalue weighted by atomic mass is 35.5. The normalized spacial score (nSPS) is 11.3. The number of nitrogens with zero attached hydrogens (tertiary/aromatic N) is 3. The minimum absolute atomic E-state index is 0.113. The SMILES string of the molecule is Cc1c(Cl)cccc1S(=O)(=O)Nc1nnc(CCOc2cccnc2)s1. The first kappa shape index (κ1) is 18.6. The number of benzene rings is 1. The van der Waals surface area contributed by atoms with Gasteiger partial charge in [-0.15, -0.1) is 10.2 Å². The maximum absolute atomic E-state index is 12.5. The van der Waals surface area contributed by atoms with Crippen LogP contribution in [-0.2, 0) is 16.4 Å². The molecule has 26 heavy (non-hydrogen) atoms. The lowest BCUT2D eigenvalue weighted by Crippen LogP contribution is -2.14. The Balaban J connectivity index is 1.63. The molecule has 0 aliphatic heterocycles. The van der Waals surface area contributed by atoms with Crippen molar-refractivity contribution in [1.82, 2.24) is 15.2 Å². The molecule has 0 saturated heterocycles. The van der Waals surface area contributed by atoms with E-state index < -0.39 is 10.0 Å². The Bertz CT molecular complexity index is 994. The van der Waals surface area contributed by atoms with E-state index >= 15 is 0 Å². The van der Waals surface area contributed by atoms with Crippen LogP contribution in [0.25, 0.3) is 0 Å². The van der Waals surface area contributed by atoms with Crippen molar-refractivity contribution in [2.45, 2.75) is 18.2 Å². The summed E-state index contributed by atoms with van der Waals surface area (Å²) < 4.78 is 33.0. The molecule has 0 bridgehead atoms. The summed E-state index contributed by atoms with van der Waals surface area (Å²) >= 11 is 7.16. The van der Waals surface area contributed by atoms with Gasteiger partial charge in [-0.2, -0.15) is 0 Å². The molecule has 0 fully saturated rings. The Morgan fingerprint density at radius 3 is 2.85 bits per heavy atom. The van der Waals surface area contributed by atoms with Gasteiger partial charge in [-0.25, -0.2) is 8.42 Å². The van der Waals surface area contributed by atoms with E-state index in [1.54, 1.807) is 43.6 Å². The molecule has 3 aromatic rings. The third-order valence-electron chi connectivity index (χ3n) is 3.42. The fourth-order valence-corrected chi connectivity index (χ4v) is 4.58. The lowest BCUT2D eigenvalue weighted by atomic mass is 10.2. The number of anilines is 1. The molecule has 0 amide bonds. The maximum atomic E-state index is 12.5. The average Bonchev–Trinajstić information content (AvgIpc) is 3.04. The number of halogens is 1. The average molecular weight is 411 g/mol. The van der Waals surface area contributed by atoms with E-state index in [9.17, 15) is 8.42 Å². The summed E-state index contributed by atoms with van der Waals surface area (Å²) in [6, 6.07) is 8.31. The fraction of sp³-hybridized carbons (Fsp3) is 0.188. The van der Waals surface area contributed by atoms with E-state index in [1.165, 1.54) is 6.07 Å². The standard InChI is InChI=1S/C16H15ClN4O3S2/c1-11-13(17)5-2-6-14(11)26(22,23)21-16-20-19-15(25-16)7-9-24-12-4-3-8-18-10-12/h2-6,8,10H,7,9H2,1H3,(H,20,21). The molecule has 0 saturated carbocycles. The zero-order chi connectivity index (χ0) is 18.6. The van der Waals surface area contributed by atoms with Crippen LogP contribution in [0.15, 0.2) is 47.6 Å². The first-order valence-corrected chi connectivity index (χ1v) is 10.3. The van der Waals surface area contributed by atoms with Crippen LogP contribution in [0.1, 0.15) is 10.6 Å². The largest absolute Gasteiger partial charge is 0.492 e. The summed E-state index contributed by atoms with van der Waals surface area (Å²) in [7, 11) is -3.78. The van der Waals surface area contributed by atoms with Crippen molar-refractivity contribution in [2.24, 2.45) is 0 Å². The molecule has 1 aromatic carbocycles. The maximum Gasteiger partial charge on any atom is 0.264 e. The second-order valence-corrected chi connectivity index (χ2v) is 8.38. The number of pyridine rings is 1. The van der Waals surface area contributed by atoms with E-state index in [0.29, 0.717) is 34.4 Å². The Hall–Kier alpha value is -2.23. The van der Waals surface area contributed by atoms with Crippen molar-refractivity contribution in [2.75, 3.05) is 11.3 Å². The summed E-state index contributed by atoms with van der Waals surface area (Å²) in [4.78, 5) is 4.07. The van der Waals surface area contributed by atoms with Gasteiger partial charge < -0.3 is 4.74 Å². The minimum atomic E-state index is -3.78. The van der Waals surface area contributed by atoms with Crippen LogP contribution in [0.4, 0.5) is 5.13 Å². The van der Waals surface area contributed by atoms with Gasteiger partial charge in [0.2, 0.25) is 5.13 Å². The van der Waals surface area contributed by atoms with Gasteiger partial charge in [0.1, 0.15) is 10.8 Å². The minimum Gasteiger partial charge on any atom is -0.492 e. The summed E-state index contributed by atoms with van der Waals surface area (Å²) in [5.74, 6) is 0.661. The molecule has 136 valence electrons. The van der Waals surface area contributed by atoms with Crippen LogP contribution in [0.5, 0.6) is 5.75 Å². The first-order chi connectivity index (χ1) is 12.5. The van der Waals surface area contributed by atoms with Gasteiger partial charge in [0, 0.05) is 17.6 Å². The van der Waals surface area contributed by atoms with Crippen molar-refractivity contribution in [3.63, 3.8) is 0 Å². The van der Waals surface area contributed by atoms with Crippen molar-refractivity contribution in [1.29, 1.82) is 0 Å². The number of hydrogen-bond donors (Lipinski definition) is 1. The van der Waals surface area contributed by atoms with Crippen LogP contribution in [0.2, 0.25) is 5.02 Å². The lowest BCUT2D eigenvalue weighted by molar-refractivity contribution is 0.320. The van der Waals surface area contributed by atoms with E-state index in [4.69, 9.17) is 16.3 Å². The summed E-state index contributed by atoms with van der Waals surface area (Å²) in [5, 5.41) is 9.11. The number of rotatable bonds is 7. The van der Waals surface area contributed by atoms with E-state index in [-0.39, 0.29) is 10.0 Å². The van der Waals surface area contributed by atoms with Crippen molar-refractivity contribution < 1.29 is 13.2 Å². The van der Waals surface area contributed by atoms with Crippen LogP contribution in [0.3, 0.4) is 0 Å². The molecule has 1 N–H and O–H groups in total. The highest BCUT2D eigenvalue weighted by Gasteiger charge is 2.20. The molecule has 10 heteroatoms. The number of nitrogens with one attached hydrogen (secondary N) is 1. The third kappa shape index (κ3) is 4.48. The quantitative estimate of drug-likeness (QED) is 0.642. The number of hydrogen-bond acceptors (Lipinski definition) is 7. The van der Waals surface area contributed by atoms with Crippen LogP contribution in [-0.4, -0.2) is 30.2 Å². The van der Waals surface area contributed by atoms with E-state index in [0.717, 1.165) is 11.3 Å². The molecular formula is C16H15ClN4O3S2. The van der Waals surface area contributed by atoms with E-state index in [2.05, 4.69) is 19.9 Å². The summed E-state index contributed by atoms with van der Waals surface area (Å²) in [6.07, 6.45) is 3.79. The Morgan fingerprint density at radius 1 is 1.23 bits per heavy atom. The van der Waals surface area contributed by atoms with Gasteiger partial charge in [-0.05, 0) is 36.8 Å². The molecule has 0 aliphatic carbocycles. The van der Waals surface area contributed by atoms with Gasteiger partial charge in [0.15, 0.2) is 0 Å². The van der Waals surface area contributed by atoms with Gasteiger partial charge in [-0.1, -0.05) is 29.0 Å². The lowest BCUT2D eigenvalue weighted by Gasteiger charge is -2.08. The number of sulfonamides is 1. The zero-order valence-electron chi connectivity index (χ0n) is 13.7. The first-order valence-electron chi connectivity index (χ1n) is 7.59. The molecule has 2 heterocycles. The third-order valence-corrected chi connectivity index (χ3v) is 6.34. The van der Waals surface area contributed by atoms with Gasteiger partial charge in [-0.3, -0.25) is 9.71 Å². The van der Waals surface area contributed by atoms with Gasteiger partial charge >= 0.3 is 0 Å². The topological polar surface area (TPSA) is 94.1 Å². The molecular weight excluding hydrogens is 396 g/mol. The molecule has 0 unspecified atom stereocenters. The zero-order valence-corrected chi connectivity index (χ0v) is 16.1. The molecule has 0 atom stereocenters. The Morgan fingerprint density at radius 2 is 2.08 bits per heavy atom. The highest BCUT2D eigenvalue weighted by molar-refractivity contribution is 7.93. The van der Waals surface area contributed by atoms with E-state index in [1.807, 2.05) is 0 Å². The summed E-state index contributed by atoms with van der Waals surface area (Å²) in [5.41, 5.74) is 0.483. The van der Waals surface area contributed by atoms with Crippen LogP contribution < -0.4 is 9.46 Å². The summed E-state index contributed by atoms with van der Waals surface area (Å²) in [6.45, 7) is 2.04. The monoisotopic (exact) mass is 410 g/mol. The second kappa shape index (κ2) is 7.98. The van der Waals surface area contributed by atoms with Crippen LogP contribution >= 0.6 is 22.9 Å². The molecule has 0 spiro atoms. The molecule has 0 aliphatic rings. The molecule has 2 aromatic heterocycles. The van der Waals surface area contributed by atoms with Crippen LogP contribution in [0, 0.1) is 6.92 Å². The van der Waals surface area contributed by atoms with Gasteiger partial charge in [0.25, 0.3) is 10.0 Å². The smallest absolute Gasteiger partial charge is 0.264 e. The van der Waals surface area contributed by atoms with Gasteiger partial charge in [0.05, 0.1) is 17.7 Å². The number of ether oxygens (including phenoxy) is 1. The molecule has 3 rings (SSSR count). The van der Waals surface area contributed by atoms with Crippen molar-refractivity contribution >= 4 is 38.1 Å². The van der Waals surface area contributed by atoms with Crippen molar-refractivity contribution in [3.05, 3.63) is 58.3 Å². The Labute approximate surface area is 160 Å².